The van der Waals surface area contributed by atoms with Crippen LogP contribution in [0.2, 0.25) is 10.0 Å². The molecule has 0 bridgehead atoms. The molecule has 0 saturated heterocycles. The molecule has 0 spiro atoms. The summed E-state index contributed by atoms with van der Waals surface area (Å²) in [7, 11) is -2.60. The summed E-state index contributed by atoms with van der Waals surface area (Å²) in [4.78, 5) is 10.9. The van der Waals surface area contributed by atoms with Gasteiger partial charge in [-0.1, -0.05) is 40.9 Å². The summed E-state index contributed by atoms with van der Waals surface area (Å²) in [6, 6.07) is 9.00. The lowest BCUT2D eigenvalue weighted by molar-refractivity contribution is 0.0697. The maximum absolute atomic E-state index is 12.7. The van der Waals surface area contributed by atoms with Crippen LogP contribution >= 0.6 is 23.2 Å². The number of carbonyl (C=O) groups is 1. The van der Waals surface area contributed by atoms with Crippen LogP contribution < -0.4 is 4.31 Å². The van der Waals surface area contributed by atoms with Gasteiger partial charge in [0.25, 0.3) is 10.0 Å². The van der Waals surface area contributed by atoms with Crippen molar-refractivity contribution in [3.63, 3.8) is 0 Å². The first-order chi connectivity index (χ1) is 10.6. The summed E-state index contributed by atoms with van der Waals surface area (Å²) in [6.07, 6.45) is 0. The fourth-order valence-corrected chi connectivity index (χ4v) is 3.64. The summed E-state index contributed by atoms with van der Waals surface area (Å²) >= 11 is 11.7. The highest BCUT2D eigenvalue weighted by Gasteiger charge is 2.25. The highest BCUT2D eigenvalue weighted by atomic mass is 35.5. The van der Waals surface area contributed by atoms with Gasteiger partial charge in [0.05, 0.1) is 26.2 Å². The lowest BCUT2D eigenvalue weighted by Crippen LogP contribution is -2.26. The molecule has 0 fully saturated rings. The lowest BCUT2D eigenvalue weighted by atomic mass is 10.2. The van der Waals surface area contributed by atoms with Crippen molar-refractivity contribution in [1.29, 1.82) is 0 Å². The van der Waals surface area contributed by atoms with E-state index in [0.717, 1.165) is 22.0 Å². The third kappa shape index (κ3) is 3.44. The molecule has 122 valence electrons. The second kappa shape index (κ2) is 6.39. The van der Waals surface area contributed by atoms with Crippen LogP contribution in [-0.4, -0.2) is 26.5 Å². The van der Waals surface area contributed by atoms with Gasteiger partial charge in [-0.15, -0.1) is 0 Å². The molecule has 5 nitrogen and oxygen atoms in total. The smallest absolute Gasteiger partial charge is 0.337 e. The zero-order chi connectivity index (χ0) is 17.4. The Morgan fingerprint density at radius 2 is 1.70 bits per heavy atom. The van der Waals surface area contributed by atoms with Crippen LogP contribution in [0.25, 0.3) is 0 Å². The highest BCUT2D eigenvalue weighted by Crippen LogP contribution is 2.31. The van der Waals surface area contributed by atoms with Gasteiger partial charge in [0.15, 0.2) is 0 Å². The van der Waals surface area contributed by atoms with Crippen molar-refractivity contribution in [1.82, 2.24) is 0 Å². The first-order valence-corrected chi connectivity index (χ1v) is 8.62. The van der Waals surface area contributed by atoms with Crippen LogP contribution in [0.3, 0.4) is 0 Å². The standard InChI is InChI=1S/C15H13Cl2NO4S/c1-9-3-5-10(6-4-9)18(2)23(21,22)11-7-12(15(19)20)14(17)13(16)8-11/h3-8H,1-2H3,(H,19,20). The van der Waals surface area contributed by atoms with E-state index in [1.165, 1.54) is 7.05 Å². The van der Waals surface area contributed by atoms with Gasteiger partial charge in [-0.3, -0.25) is 4.31 Å². The summed E-state index contributed by atoms with van der Waals surface area (Å²) in [5, 5.41) is 8.78. The summed E-state index contributed by atoms with van der Waals surface area (Å²) < 4.78 is 26.4. The monoisotopic (exact) mass is 373 g/mol. The molecule has 0 unspecified atom stereocenters. The Morgan fingerprint density at radius 3 is 2.22 bits per heavy atom. The van der Waals surface area contributed by atoms with Crippen LogP contribution in [-0.2, 0) is 10.0 Å². The molecule has 0 radical (unpaired) electrons. The number of aromatic carboxylic acids is 1. The third-order valence-corrected chi connectivity index (χ3v) is 5.85. The largest absolute Gasteiger partial charge is 0.478 e. The fraction of sp³-hybridized carbons (Fsp3) is 0.133. The van der Waals surface area contributed by atoms with Crippen molar-refractivity contribution in [3.8, 4) is 0 Å². The molecule has 0 aliphatic carbocycles. The van der Waals surface area contributed by atoms with Gasteiger partial charge < -0.3 is 5.11 Å². The molecule has 8 heteroatoms. The predicted octanol–water partition coefficient (Wildman–Crippen LogP) is 3.83. The van der Waals surface area contributed by atoms with E-state index in [1.54, 1.807) is 24.3 Å². The zero-order valence-electron chi connectivity index (χ0n) is 12.2. The molecule has 2 rings (SSSR count). The summed E-state index contributed by atoms with van der Waals surface area (Å²) in [5.74, 6) is -1.35. The average Bonchev–Trinajstić information content (AvgIpc) is 2.49. The SMILES string of the molecule is Cc1ccc(N(C)S(=O)(=O)c2cc(Cl)c(Cl)c(C(=O)O)c2)cc1. The topological polar surface area (TPSA) is 74.7 Å². The first kappa shape index (κ1) is 17.6. The normalized spacial score (nSPS) is 11.3. The van der Waals surface area contributed by atoms with Gasteiger partial charge in [0, 0.05) is 7.05 Å². The first-order valence-electron chi connectivity index (χ1n) is 6.42. The Balaban J connectivity index is 2.55. The second-order valence-electron chi connectivity index (χ2n) is 4.88. The Labute approximate surface area is 144 Å². The molecule has 1 N–H and O–H groups in total. The molecule has 0 atom stereocenters. The Kier molecular flexibility index (Phi) is 4.89. The van der Waals surface area contributed by atoms with E-state index < -0.39 is 16.0 Å². The molecular formula is C15H13Cl2NO4S. The van der Waals surface area contributed by atoms with Gasteiger partial charge in [-0.05, 0) is 31.2 Å². The maximum atomic E-state index is 12.7. The lowest BCUT2D eigenvalue weighted by Gasteiger charge is -2.20. The van der Waals surface area contributed by atoms with Crippen LogP contribution in [0.4, 0.5) is 5.69 Å². The highest BCUT2D eigenvalue weighted by molar-refractivity contribution is 7.92. The number of carboxylic acids is 1. The van der Waals surface area contributed by atoms with E-state index in [-0.39, 0.29) is 20.5 Å². The molecule has 0 heterocycles. The average molecular weight is 374 g/mol. The number of hydrogen-bond acceptors (Lipinski definition) is 3. The number of carboxylic acid groups (broad SMARTS) is 1. The van der Waals surface area contributed by atoms with Crippen LogP contribution in [0.5, 0.6) is 0 Å². The predicted molar refractivity (Wildman–Crippen MR) is 90.2 cm³/mol. The van der Waals surface area contributed by atoms with Gasteiger partial charge in [-0.2, -0.15) is 0 Å². The minimum atomic E-state index is -3.97. The van der Waals surface area contributed by atoms with E-state index in [1.807, 2.05) is 6.92 Å². The summed E-state index contributed by atoms with van der Waals surface area (Å²) in [6.45, 7) is 1.89. The second-order valence-corrected chi connectivity index (χ2v) is 7.63. The Morgan fingerprint density at radius 1 is 1.13 bits per heavy atom. The molecular weight excluding hydrogens is 361 g/mol. The van der Waals surface area contributed by atoms with Crippen molar-refractivity contribution < 1.29 is 18.3 Å². The third-order valence-electron chi connectivity index (χ3n) is 3.29. The van der Waals surface area contributed by atoms with Crippen molar-refractivity contribution in [3.05, 3.63) is 57.6 Å². The van der Waals surface area contributed by atoms with Gasteiger partial charge in [0.1, 0.15) is 0 Å². The van der Waals surface area contributed by atoms with Gasteiger partial charge in [-0.25, -0.2) is 13.2 Å². The zero-order valence-corrected chi connectivity index (χ0v) is 14.6. The Hall–Kier alpha value is -1.76. The molecule has 0 amide bonds. The van der Waals surface area contributed by atoms with Gasteiger partial charge >= 0.3 is 5.97 Å². The molecule has 0 saturated carbocycles. The Bertz CT molecular complexity index is 864. The van der Waals surface area contributed by atoms with Crippen molar-refractivity contribution in [2.45, 2.75) is 11.8 Å². The van der Waals surface area contributed by atoms with E-state index in [9.17, 15) is 13.2 Å². The minimum Gasteiger partial charge on any atom is -0.478 e. The molecule has 23 heavy (non-hydrogen) atoms. The van der Waals surface area contributed by atoms with Crippen molar-refractivity contribution in [2.24, 2.45) is 0 Å². The number of aryl methyl sites for hydroxylation is 1. The number of rotatable bonds is 4. The number of benzene rings is 2. The van der Waals surface area contributed by atoms with Crippen LogP contribution in [0.1, 0.15) is 15.9 Å². The van der Waals surface area contributed by atoms with E-state index >= 15 is 0 Å². The van der Waals surface area contributed by atoms with Gasteiger partial charge in [0.2, 0.25) is 0 Å². The molecule has 2 aromatic rings. The van der Waals surface area contributed by atoms with E-state index in [0.29, 0.717) is 5.69 Å². The van der Waals surface area contributed by atoms with Crippen molar-refractivity contribution in [2.75, 3.05) is 11.4 Å². The number of hydrogen-bond donors (Lipinski definition) is 1. The molecule has 0 aromatic heterocycles. The quantitative estimate of drug-likeness (QED) is 0.883. The van der Waals surface area contributed by atoms with Crippen molar-refractivity contribution >= 4 is 44.9 Å². The fourth-order valence-electron chi connectivity index (χ4n) is 1.92. The molecule has 2 aromatic carbocycles. The van der Waals surface area contributed by atoms with Crippen LogP contribution in [0.15, 0.2) is 41.3 Å². The van der Waals surface area contributed by atoms with Crippen LogP contribution in [0, 0.1) is 6.92 Å². The van der Waals surface area contributed by atoms with E-state index in [2.05, 4.69) is 0 Å². The van der Waals surface area contributed by atoms with E-state index in [4.69, 9.17) is 28.3 Å². The number of halogens is 2. The minimum absolute atomic E-state index is 0.137. The molecule has 0 aliphatic rings. The number of sulfonamides is 1. The number of nitrogens with zero attached hydrogens (tertiary/aromatic N) is 1. The number of anilines is 1. The molecule has 0 aliphatic heterocycles. The maximum Gasteiger partial charge on any atom is 0.337 e. The summed E-state index contributed by atoms with van der Waals surface area (Å²) in [5.41, 5.74) is 1.07.